The molecule has 0 aliphatic heterocycles. The van der Waals surface area contributed by atoms with E-state index in [1.54, 1.807) is 0 Å². The summed E-state index contributed by atoms with van der Waals surface area (Å²) in [6.07, 6.45) is 3.25. The van der Waals surface area contributed by atoms with Crippen LogP contribution in [-0.2, 0) is 11.3 Å². The molecule has 0 bridgehead atoms. The molecule has 0 saturated heterocycles. The molecule has 0 atom stereocenters. The summed E-state index contributed by atoms with van der Waals surface area (Å²) in [5, 5.41) is 3.48. The fraction of sp³-hybridized carbons (Fsp3) is 0.118. The number of amides is 1. The molecule has 2 heterocycles. The number of nitrogens with one attached hydrogen (secondary N) is 2. The van der Waals surface area contributed by atoms with Crippen molar-refractivity contribution in [3.8, 4) is 0 Å². The zero-order chi connectivity index (χ0) is 16.2. The second-order valence-electron chi connectivity index (χ2n) is 4.94. The van der Waals surface area contributed by atoms with Gasteiger partial charge in [0.15, 0.2) is 0 Å². The van der Waals surface area contributed by atoms with Crippen molar-refractivity contribution in [1.82, 2.24) is 15.3 Å². The summed E-state index contributed by atoms with van der Waals surface area (Å²) < 4.78 is 5.35. The average molecular weight is 309 g/mol. The van der Waals surface area contributed by atoms with E-state index in [1.807, 2.05) is 30.5 Å². The summed E-state index contributed by atoms with van der Waals surface area (Å²) in [5.74, 6) is -0.846. The molecule has 1 aromatic carbocycles. The van der Waals surface area contributed by atoms with Crippen LogP contribution in [0.3, 0.4) is 0 Å². The van der Waals surface area contributed by atoms with E-state index in [2.05, 4.69) is 15.3 Å². The van der Waals surface area contributed by atoms with Crippen molar-refractivity contribution >= 4 is 22.8 Å². The van der Waals surface area contributed by atoms with Crippen molar-refractivity contribution in [3.63, 3.8) is 0 Å². The minimum absolute atomic E-state index is 0.158. The molecule has 23 heavy (non-hydrogen) atoms. The van der Waals surface area contributed by atoms with Gasteiger partial charge in [0.1, 0.15) is 12.3 Å². The molecule has 0 unspecified atom stereocenters. The van der Waals surface area contributed by atoms with Crippen molar-refractivity contribution in [2.24, 2.45) is 0 Å². The van der Waals surface area contributed by atoms with Gasteiger partial charge in [0.05, 0.1) is 5.56 Å². The Hall–Kier alpha value is -3.15. The lowest BCUT2D eigenvalue weighted by Crippen LogP contribution is -2.19. The van der Waals surface area contributed by atoms with Gasteiger partial charge in [-0.3, -0.25) is 9.78 Å². The van der Waals surface area contributed by atoms with Crippen LogP contribution in [0.25, 0.3) is 10.9 Å². The molecule has 6 nitrogen and oxygen atoms in total. The van der Waals surface area contributed by atoms with Gasteiger partial charge in [-0.05, 0) is 29.8 Å². The fourth-order valence-electron chi connectivity index (χ4n) is 2.31. The molecule has 2 N–H and O–H groups in total. The summed E-state index contributed by atoms with van der Waals surface area (Å²) in [4.78, 5) is 30.8. The van der Waals surface area contributed by atoms with Crippen molar-refractivity contribution in [2.45, 2.75) is 6.61 Å². The van der Waals surface area contributed by atoms with E-state index in [0.29, 0.717) is 5.56 Å². The Balaban J connectivity index is 1.75. The molecule has 0 saturated carbocycles. The van der Waals surface area contributed by atoms with Crippen molar-refractivity contribution < 1.29 is 14.3 Å². The van der Waals surface area contributed by atoms with Crippen molar-refractivity contribution in [3.05, 3.63) is 65.6 Å². The average Bonchev–Trinajstić information content (AvgIpc) is 3.08. The van der Waals surface area contributed by atoms with Crippen LogP contribution in [0.2, 0.25) is 0 Å². The highest BCUT2D eigenvalue weighted by atomic mass is 16.5. The Morgan fingerprint density at radius 3 is 2.96 bits per heavy atom. The topological polar surface area (TPSA) is 84.1 Å². The maximum absolute atomic E-state index is 12.2. The lowest BCUT2D eigenvalue weighted by molar-refractivity contribution is 0.0474. The number of nitrogens with zero attached hydrogens (tertiary/aromatic N) is 1. The van der Waals surface area contributed by atoms with Crippen LogP contribution in [0.4, 0.5) is 0 Å². The SMILES string of the molecule is CNC(=O)c1cc(C(=O)OCc2cccc3[nH]ccc23)ccn1. The van der Waals surface area contributed by atoms with Gasteiger partial charge in [-0.1, -0.05) is 12.1 Å². The summed E-state index contributed by atoms with van der Waals surface area (Å²) in [6, 6.07) is 10.6. The Labute approximate surface area is 132 Å². The van der Waals surface area contributed by atoms with E-state index < -0.39 is 5.97 Å². The van der Waals surface area contributed by atoms with Gasteiger partial charge in [0, 0.05) is 30.3 Å². The Bertz CT molecular complexity index is 870. The maximum Gasteiger partial charge on any atom is 0.338 e. The third-order valence-electron chi connectivity index (χ3n) is 3.50. The minimum Gasteiger partial charge on any atom is -0.457 e. The number of carbonyl (C=O) groups excluding carboxylic acids is 2. The second kappa shape index (κ2) is 6.31. The predicted octanol–water partition coefficient (Wildman–Crippen LogP) is 2.28. The van der Waals surface area contributed by atoms with Gasteiger partial charge in [-0.25, -0.2) is 4.79 Å². The van der Waals surface area contributed by atoms with E-state index in [-0.39, 0.29) is 18.2 Å². The van der Waals surface area contributed by atoms with E-state index >= 15 is 0 Å². The zero-order valence-electron chi connectivity index (χ0n) is 12.5. The number of fused-ring (bicyclic) bond motifs is 1. The van der Waals surface area contributed by atoms with Crippen LogP contribution in [0.1, 0.15) is 26.4 Å². The smallest absolute Gasteiger partial charge is 0.338 e. The molecular weight excluding hydrogens is 294 g/mol. The Kier molecular flexibility index (Phi) is 4.05. The zero-order valence-corrected chi connectivity index (χ0v) is 12.5. The number of hydrogen-bond donors (Lipinski definition) is 2. The number of aromatic amines is 1. The molecule has 0 radical (unpaired) electrons. The number of ether oxygens (including phenoxy) is 1. The highest BCUT2D eigenvalue weighted by Crippen LogP contribution is 2.18. The lowest BCUT2D eigenvalue weighted by atomic mass is 10.1. The van der Waals surface area contributed by atoms with Gasteiger partial charge in [0.2, 0.25) is 0 Å². The van der Waals surface area contributed by atoms with E-state index in [1.165, 1.54) is 25.4 Å². The Morgan fingerprint density at radius 2 is 2.13 bits per heavy atom. The van der Waals surface area contributed by atoms with Gasteiger partial charge in [-0.15, -0.1) is 0 Å². The Morgan fingerprint density at radius 1 is 1.26 bits per heavy atom. The number of H-pyrrole nitrogens is 1. The molecule has 116 valence electrons. The van der Waals surface area contributed by atoms with Gasteiger partial charge in [0.25, 0.3) is 5.91 Å². The second-order valence-corrected chi connectivity index (χ2v) is 4.94. The van der Waals surface area contributed by atoms with E-state index in [4.69, 9.17) is 4.74 Å². The monoisotopic (exact) mass is 309 g/mol. The first-order chi connectivity index (χ1) is 11.2. The van der Waals surface area contributed by atoms with Crippen LogP contribution >= 0.6 is 0 Å². The number of rotatable bonds is 4. The summed E-state index contributed by atoms with van der Waals surface area (Å²) >= 11 is 0. The molecule has 3 aromatic rings. The van der Waals surface area contributed by atoms with Crippen molar-refractivity contribution in [2.75, 3.05) is 7.05 Å². The molecule has 1 amide bonds. The maximum atomic E-state index is 12.2. The molecule has 0 aliphatic carbocycles. The lowest BCUT2D eigenvalue weighted by Gasteiger charge is -2.07. The molecule has 0 aliphatic rings. The van der Waals surface area contributed by atoms with Crippen LogP contribution < -0.4 is 5.32 Å². The molecule has 3 rings (SSSR count). The number of esters is 1. The highest BCUT2D eigenvalue weighted by molar-refractivity contribution is 5.96. The van der Waals surface area contributed by atoms with Crippen LogP contribution in [0.15, 0.2) is 48.8 Å². The van der Waals surface area contributed by atoms with Crippen LogP contribution in [0, 0.1) is 0 Å². The molecule has 0 spiro atoms. The highest BCUT2D eigenvalue weighted by Gasteiger charge is 2.12. The van der Waals surface area contributed by atoms with Gasteiger partial charge in [-0.2, -0.15) is 0 Å². The van der Waals surface area contributed by atoms with Crippen molar-refractivity contribution in [1.29, 1.82) is 0 Å². The summed E-state index contributed by atoms with van der Waals surface area (Å²) in [5.41, 5.74) is 2.37. The standard InChI is InChI=1S/C17H15N3O3/c1-18-16(21)15-9-11(5-7-20-15)17(22)23-10-12-3-2-4-14-13(12)6-8-19-14/h2-9,19H,10H2,1H3,(H,18,21). The predicted molar refractivity (Wildman–Crippen MR) is 85.0 cm³/mol. The molecule has 0 fully saturated rings. The fourth-order valence-corrected chi connectivity index (χ4v) is 2.31. The largest absolute Gasteiger partial charge is 0.457 e. The van der Waals surface area contributed by atoms with Crippen LogP contribution in [-0.4, -0.2) is 28.9 Å². The minimum atomic E-state index is -0.495. The molecule has 2 aromatic heterocycles. The number of benzene rings is 1. The quantitative estimate of drug-likeness (QED) is 0.724. The number of carbonyl (C=O) groups is 2. The first kappa shape index (κ1) is 14.8. The summed E-state index contributed by atoms with van der Waals surface area (Å²) in [7, 11) is 1.51. The van der Waals surface area contributed by atoms with Gasteiger partial charge >= 0.3 is 5.97 Å². The number of pyridine rings is 1. The first-order valence-corrected chi connectivity index (χ1v) is 7.09. The third kappa shape index (κ3) is 3.06. The molecule has 6 heteroatoms. The van der Waals surface area contributed by atoms with E-state index in [0.717, 1.165) is 16.5 Å². The normalized spacial score (nSPS) is 10.5. The number of hydrogen-bond acceptors (Lipinski definition) is 4. The van der Waals surface area contributed by atoms with Gasteiger partial charge < -0.3 is 15.0 Å². The molecular formula is C17H15N3O3. The van der Waals surface area contributed by atoms with Crippen LogP contribution in [0.5, 0.6) is 0 Å². The summed E-state index contributed by atoms with van der Waals surface area (Å²) in [6.45, 7) is 0.158. The third-order valence-corrected chi connectivity index (χ3v) is 3.50. The van der Waals surface area contributed by atoms with E-state index in [9.17, 15) is 9.59 Å². The number of aromatic nitrogens is 2. The first-order valence-electron chi connectivity index (χ1n) is 7.09.